The normalized spacial score (nSPS) is 17.6. The lowest BCUT2D eigenvalue weighted by Gasteiger charge is -2.23. The molecule has 25 heavy (non-hydrogen) atoms. The van der Waals surface area contributed by atoms with Crippen LogP contribution in [0.1, 0.15) is 40.2 Å². The first-order valence-electron chi connectivity index (χ1n) is 9.02. The van der Waals surface area contributed by atoms with E-state index in [9.17, 15) is 4.79 Å². The van der Waals surface area contributed by atoms with E-state index in [1.165, 1.54) is 18.4 Å². The summed E-state index contributed by atoms with van der Waals surface area (Å²) in [5.74, 6) is 0.635. The molecule has 3 nitrogen and oxygen atoms in total. The Morgan fingerprint density at radius 1 is 1.16 bits per heavy atom. The van der Waals surface area contributed by atoms with Crippen molar-refractivity contribution in [3.05, 3.63) is 77.4 Å². The number of hydrogen-bond acceptors (Lipinski definition) is 2. The first kappa shape index (κ1) is 17.4. The monoisotopic (exact) mass is 334 g/mol. The van der Waals surface area contributed by atoms with Crippen molar-refractivity contribution in [2.24, 2.45) is 0 Å². The van der Waals surface area contributed by atoms with E-state index in [0.717, 1.165) is 24.2 Å². The summed E-state index contributed by atoms with van der Waals surface area (Å²) in [5, 5.41) is 3.44. The number of benzene rings is 2. The number of carbonyl (C=O) groups excluding carboxylic acids is 1. The van der Waals surface area contributed by atoms with E-state index in [2.05, 4.69) is 29.6 Å². The maximum atomic E-state index is 12.6. The van der Waals surface area contributed by atoms with E-state index in [1.54, 1.807) is 4.90 Å². The SMILES string of the molecule is CN(C/C=C/c1ccccc1)C(=O)c1ccc([C@@H]2CCCNC2)cc1. The molecule has 1 saturated heterocycles. The molecular formula is C22H26N2O. The smallest absolute Gasteiger partial charge is 0.253 e. The molecule has 130 valence electrons. The molecular weight excluding hydrogens is 308 g/mol. The molecule has 1 N–H and O–H groups in total. The van der Waals surface area contributed by atoms with Crippen molar-refractivity contribution in [1.82, 2.24) is 10.2 Å². The van der Waals surface area contributed by atoms with Gasteiger partial charge in [0.1, 0.15) is 0 Å². The minimum absolute atomic E-state index is 0.0611. The molecule has 1 atom stereocenters. The highest BCUT2D eigenvalue weighted by Gasteiger charge is 2.16. The highest BCUT2D eigenvalue weighted by Crippen LogP contribution is 2.23. The average molecular weight is 334 g/mol. The summed E-state index contributed by atoms with van der Waals surface area (Å²) in [5.41, 5.74) is 3.23. The number of hydrogen-bond donors (Lipinski definition) is 1. The van der Waals surface area contributed by atoms with Crippen LogP contribution in [-0.4, -0.2) is 37.5 Å². The van der Waals surface area contributed by atoms with Crippen LogP contribution in [-0.2, 0) is 0 Å². The van der Waals surface area contributed by atoms with Crippen molar-refractivity contribution in [1.29, 1.82) is 0 Å². The van der Waals surface area contributed by atoms with E-state index >= 15 is 0 Å². The Kier molecular flexibility index (Phi) is 6.02. The molecule has 0 radical (unpaired) electrons. The van der Waals surface area contributed by atoms with E-state index in [0.29, 0.717) is 12.5 Å². The number of nitrogens with one attached hydrogen (secondary N) is 1. The second-order valence-electron chi connectivity index (χ2n) is 6.66. The number of piperidine rings is 1. The number of likely N-dealkylation sites (N-methyl/N-ethyl adjacent to an activating group) is 1. The van der Waals surface area contributed by atoms with Gasteiger partial charge in [-0.15, -0.1) is 0 Å². The predicted molar refractivity (Wildman–Crippen MR) is 104 cm³/mol. The first-order valence-corrected chi connectivity index (χ1v) is 9.02. The lowest BCUT2D eigenvalue weighted by Crippen LogP contribution is -2.28. The van der Waals surface area contributed by atoms with E-state index in [4.69, 9.17) is 0 Å². The number of rotatable bonds is 5. The fraction of sp³-hybridized carbons (Fsp3) is 0.318. The lowest BCUT2D eigenvalue weighted by atomic mass is 9.91. The molecule has 2 aromatic rings. The summed E-state index contributed by atoms with van der Waals surface area (Å²) in [6.45, 7) is 2.76. The zero-order valence-corrected chi connectivity index (χ0v) is 14.8. The average Bonchev–Trinajstić information content (AvgIpc) is 2.69. The molecule has 3 rings (SSSR count). The number of nitrogens with zero attached hydrogens (tertiary/aromatic N) is 1. The largest absolute Gasteiger partial charge is 0.338 e. The number of amides is 1. The third kappa shape index (κ3) is 4.80. The number of carbonyl (C=O) groups is 1. The first-order chi connectivity index (χ1) is 12.2. The van der Waals surface area contributed by atoms with E-state index in [-0.39, 0.29) is 5.91 Å². The Labute approximate surface area is 150 Å². The highest BCUT2D eigenvalue weighted by molar-refractivity contribution is 5.94. The third-order valence-corrected chi connectivity index (χ3v) is 4.76. The molecule has 0 bridgehead atoms. The van der Waals surface area contributed by atoms with Gasteiger partial charge >= 0.3 is 0 Å². The van der Waals surface area contributed by atoms with Crippen LogP contribution in [0.2, 0.25) is 0 Å². The quantitative estimate of drug-likeness (QED) is 0.898. The van der Waals surface area contributed by atoms with Crippen LogP contribution in [0, 0.1) is 0 Å². The van der Waals surface area contributed by atoms with Gasteiger partial charge in [-0.1, -0.05) is 54.6 Å². The minimum atomic E-state index is 0.0611. The molecule has 0 aliphatic carbocycles. The standard InChI is InChI=1S/C22H26N2O/c1-24(16-6-9-18-7-3-2-4-8-18)22(25)20-13-11-19(12-14-20)21-10-5-15-23-17-21/h2-4,6-9,11-14,21,23H,5,10,15-17H2,1H3/b9-6+/t21-/m1/s1. The molecule has 0 unspecified atom stereocenters. The molecule has 1 fully saturated rings. The summed E-state index contributed by atoms with van der Waals surface area (Å²) in [6, 6.07) is 18.3. The summed E-state index contributed by atoms with van der Waals surface area (Å²) in [4.78, 5) is 14.3. The summed E-state index contributed by atoms with van der Waals surface area (Å²) in [6.07, 6.45) is 6.52. The van der Waals surface area contributed by atoms with Gasteiger partial charge in [0.25, 0.3) is 5.91 Å². The summed E-state index contributed by atoms with van der Waals surface area (Å²) < 4.78 is 0. The topological polar surface area (TPSA) is 32.3 Å². The Balaban J connectivity index is 1.57. The Morgan fingerprint density at radius 2 is 1.92 bits per heavy atom. The minimum Gasteiger partial charge on any atom is -0.338 e. The second-order valence-corrected chi connectivity index (χ2v) is 6.66. The van der Waals surface area contributed by atoms with Gasteiger partial charge in [0, 0.05) is 25.7 Å². The van der Waals surface area contributed by atoms with Crippen LogP contribution >= 0.6 is 0 Å². The molecule has 3 heteroatoms. The Hall–Kier alpha value is -2.39. The maximum absolute atomic E-state index is 12.6. The molecule has 1 amide bonds. The molecule has 0 aromatic heterocycles. The van der Waals surface area contributed by atoms with Crippen LogP contribution in [0.25, 0.3) is 6.08 Å². The van der Waals surface area contributed by atoms with Crippen molar-refractivity contribution < 1.29 is 4.79 Å². The van der Waals surface area contributed by atoms with Crippen LogP contribution < -0.4 is 5.32 Å². The van der Waals surface area contributed by atoms with Gasteiger partial charge in [-0.25, -0.2) is 0 Å². The second kappa shape index (κ2) is 8.63. The van der Waals surface area contributed by atoms with Gasteiger partial charge < -0.3 is 10.2 Å². The Morgan fingerprint density at radius 3 is 2.60 bits per heavy atom. The van der Waals surface area contributed by atoms with Crippen LogP contribution in [0.3, 0.4) is 0 Å². The van der Waals surface area contributed by atoms with Crippen molar-refractivity contribution >= 4 is 12.0 Å². The molecule has 0 saturated carbocycles. The summed E-state index contributed by atoms with van der Waals surface area (Å²) in [7, 11) is 1.84. The third-order valence-electron chi connectivity index (χ3n) is 4.76. The van der Waals surface area contributed by atoms with Gasteiger partial charge in [-0.05, 0) is 48.6 Å². The van der Waals surface area contributed by atoms with E-state index in [1.807, 2.05) is 49.5 Å². The van der Waals surface area contributed by atoms with Gasteiger partial charge in [0.2, 0.25) is 0 Å². The fourth-order valence-electron chi connectivity index (χ4n) is 3.25. The zero-order valence-electron chi connectivity index (χ0n) is 14.8. The van der Waals surface area contributed by atoms with E-state index < -0.39 is 0 Å². The van der Waals surface area contributed by atoms with Crippen LogP contribution in [0.5, 0.6) is 0 Å². The van der Waals surface area contributed by atoms with Crippen molar-refractivity contribution in [3.8, 4) is 0 Å². The van der Waals surface area contributed by atoms with Crippen molar-refractivity contribution in [2.45, 2.75) is 18.8 Å². The summed E-state index contributed by atoms with van der Waals surface area (Å²) >= 11 is 0. The fourth-order valence-corrected chi connectivity index (χ4v) is 3.25. The van der Waals surface area contributed by atoms with Gasteiger partial charge in [-0.3, -0.25) is 4.79 Å². The molecule has 2 aromatic carbocycles. The van der Waals surface area contributed by atoms with Crippen molar-refractivity contribution in [2.75, 3.05) is 26.7 Å². The van der Waals surface area contributed by atoms with Gasteiger partial charge in [0.15, 0.2) is 0 Å². The predicted octanol–water partition coefficient (Wildman–Crippen LogP) is 3.94. The van der Waals surface area contributed by atoms with Crippen LogP contribution in [0.15, 0.2) is 60.7 Å². The van der Waals surface area contributed by atoms with Gasteiger partial charge in [0.05, 0.1) is 0 Å². The lowest BCUT2D eigenvalue weighted by molar-refractivity contribution is 0.0810. The molecule has 0 spiro atoms. The Bertz CT molecular complexity index is 701. The highest BCUT2D eigenvalue weighted by atomic mass is 16.2. The molecule has 1 aliphatic heterocycles. The zero-order chi connectivity index (χ0) is 17.5. The molecule has 1 heterocycles. The van der Waals surface area contributed by atoms with Gasteiger partial charge in [-0.2, -0.15) is 0 Å². The maximum Gasteiger partial charge on any atom is 0.253 e. The van der Waals surface area contributed by atoms with Crippen molar-refractivity contribution in [3.63, 3.8) is 0 Å². The van der Waals surface area contributed by atoms with Crippen LogP contribution in [0.4, 0.5) is 0 Å². The molecule has 1 aliphatic rings.